The number of likely N-dealkylation sites (N-methyl/N-ethyl adjacent to an activating group) is 1. The number of carbonyl (C=O) groups is 2. The highest BCUT2D eigenvalue weighted by Gasteiger charge is 2.13. The van der Waals surface area contributed by atoms with E-state index in [1.54, 1.807) is 0 Å². The Morgan fingerprint density at radius 2 is 1.64 bits per heavy atom. The second kappa shape index (κ2) is 14.8. The van der Waals surface area contributed by atoms with Crippen molar-refractivity contribution < 1.29 is 24.5 Å². The molecular weight excluding hydrogens is 442 g/mol. The summed E-state index contributed by atoms with van der Waals surface area (Å²) in [6, 6.07) is 14.8. The maximum atomic E-state index is 9.55. The number of nitrogens with zero attached hydrogens (tertiary/aromatic N) is 2. The van der Waals surface area contributed by atoms with Gasteiger partial charge in [0.25, 0.3) is 0 Å². The van der Waals surface area contributed by atoms with Crippen molar-refractivity contribution in [3.63, 3.8) is 0 Å². The van der Waals surface area contributed by atoms with Gasteiger partial charge in [0.15, 0.2) is 5.11 Å². The molecule has 3 N–H and O–H groups in total. The molecule has 0 unspecified atom stereocenters. The van der Waals surface area contributed by atoms with E-state index in [9.17, 15) is 9.59 Å². The number of thiocarbonyl (C=S) groups is 1. The van der Waals surface area contributed by atoms with Crippen LogP contribution in [-0.2, 0) is 9.59 Å². The maximum absolute atomic E-state index is 9.55. The van der Waals surface area contributed by atoms with E-state index in [4.69, 9.17) is 27.2 Å². The summed E-state index contributed by atoms with van der Waals surface area (Å²) in [5.41, 5.74) is 0. The molecule has 0 radical (unpaired) electrons. The van der Waals surface area contributed by atoms with Crippen LogP contribution in [0.3, 0.4) is 0 Å². The van der Waals surface area contributed by atoms with E-state index in [-0.39, 0.29) is 0 Å². The molecule has 2 aromatic carbocycles. The molecule has 0 saturated heterocycles. The normalized spacial score (nSPS) is 10.7. The SMILES string of the molecule is CC(C)N(CCOc1cccc2ccccc12)C(=S)NCCN(C)C.O=C(O)/C=C\C(=O)O. The van der Waals surface area contributed by atoms with Crippen LogP contribution in [0.25, 0.3) is 10.8 Å². The van der Waals surface area contributed by atoms with Gasteiger partial charge in [-0.15, -0.1) is 0 Å². The smallest absolute Gasteiger partial charge is 0.328 e. The number of hydrogen-bond donors (Lipinski definition) is 3. The summed E-state index contributed by atoms with van der Waals surface area (Å²) < 4.78 is 6.06. The lowest BCUT2D eigenvalue weighted by Gasteiger charge is -2.30. The molecule has 9 heteroatoms. The summed E-state index contributed by atoms with van der Waals surface area (Å²) in [7, 11) is 4.12. The minimum Gasteiger partial charge on any atom is -0.491 e. The van der Waals surface area contributed by atoms with Crippen LogP contribution < -0.4 is 10.1 Å². The van der Waals surface area contributed by atoms with Crippen LogP contribution in [0.5, 0.6) is 5.75 Å². The highest BCUT2D eigenvalue weighted by Crippen LogP contribution is 2.25. The predicted octanol–water partition coefficient (Wildman–Crippen LogP) is 3.08. The first-order valence-electron chi connectivity index (χ1n) is 10.6. The van der Waals surface area contributed by atoms with Crippen LogP contribution in [-0.4, -0.2) is 83.4 Å². The summed E-state index contributed by atoms with van der Waals surface area (Å²) in [6.07, 6.45) is 1.12. The lowest BCUT2D eigenvalue weighted by molar-refractivity contribution is -0.134. The number of hydrogen-bond acceptors (Lipinski definition) is 5. The molecule has 0 spiro atoms. The standard InChI is InChI=1S/C20H29N3OS.C4H4O4/c1-16(2)23(20(25)21-12-13-22(3)4)14-15-24-19-11-7-9-17-8-5-6-10-18(17)19;5-3(6)1-2-4(7)8/h5-11,16H,12-15H2,1-4H3,(H,21,25);1-2H,(H,5,6)(H,7,8)/b;2-1-. The number of nitrogens with one attached hydrogen (secondary N) is 1. The average molecular weight is 476 g/mol. The van der Waals surface area contributed by atoms with Gasteiger partial charge < -0.3 is 30.1 Å². The largest absolute Gasteiger partial charge is 0.491 e. The molecule has 0 aliphatic carbocycles. The highest BCUT2D eigenvalue weighted by molar-refractivity contribution is 7.80. The molecule has 0 aromatic heterocycles. The van der Waals surface area contributed by atoms with E-state index in [2.05, 4.69) is 61.3 Å². The molecule has 0 bridgehead atoms. The number of aliphatic carboxylic acids is 2. The van der Waals surface area contributed by atoms with E-state index in [0.717, 1.165) is 35.9 Å². The Labute approximate surface area is 200 Å². The number of carboxylic acids is 2. The maximum Gasteiger partial charge on any atom is 0.328 e. The molecule has 33 heavy (non-hydrogen) atoms. The van der Waals surface area contributed by atoms with Crippen LogP contribution in [0.2, 0.25) is 0 Å². The fraction of sp³-hybridized carbons (Fsp3) is 0.375. The molecule has 0 aliphatic heterocycles. The van der Waals surface area contributed by atoms with E-state index in [1.807, 2.05) is 24.3 Å². The summed E-state index contributed by atoms with van der Waals surface area (Å²) in [5, 5.41) is 22.1. The third-order valence-electron chi connectivity index (χ3n) is 4.43. The number of rotatable bonds is 10. The molecule has 0 aliphatic rings. The molecule has 8 nitrogen and oxygen atoms in total. The van der Waals surface area contributed by atoms with E-state index < -0.39 is 11.9 Å². The molecule has 180 valence electrons. The first kappa shape index (κ1) is 27.9. The molecule has 2 aromatic rings. The average Bonchev–Trinajstić information content (AvgIpc) is 2.75. The second-order valence-corrected chi connectivity index (χ2v) is 8.04. The van der Waals surface area contributed by atoms with Crippen LogP contribution in [0.4, 0.5) is 0 Å². The van der Waals surface area contributed by atoms with Crippen LogP contribution in [0.1, 0.15) is 13.8 Å². The van der Waals surface area contributed by atoms with E-state index in [1.165, 1.54) is 5.39 Å². The molecule has 0 atom stereocenters. The number of carboxylic acid groups (broad SMARTS) is 2. The summed E-state index contributed by atoms with van der Waals surface area (Å²) >= 11 is 5.55. The van der Waals surface area contributed by atoms with Gasteiger partial charge in [0.1, 0.15) is 12.4 Å². The molecule has 0 heterocycles. The van der Waals surface area contributed by atoms with Gasteiger partial charge in [0.2, 0.25) is 0 Å². The van der Waals surface area contributed by atoms with Crippen molar-refractivity contribution in [3.8, 4) is 5.75 Å². The van der Waals surface area contributed by atoms with Gasteiger partial charge >= 0.3 is 11.9 Å². The second-order valence-electron chi connectivity index (χ2n) is 7.66. The van der Waals surface area contributed by atoms with Crippen LogP contribution in [0, 0.1) is 0 Å². The monoisotopic (exact) mass is 475 g/mol. The first-order chi connectivity index (χ1) is 15.6. The summed E-state index contributed by atoms with van der Waals surface area (Å²) in [5.74, 6) is -1.59. The van der Waals surface area contributed by atoms with Crippen molar-refractivity contribution in [1.29, 1.82) is 0 Å². The lowest BCUT2D eigenvalue weighted by atomic mass is 10.1. The van der Waals surface area contributed by atoms with Crippen LogP contribution >= 0.6 is 12.2 Å². The van der Waals surface area contributed by atoms with Crippen molar-refractivity contribution in [2.75, 3.05) is 40.3 Å². The van der Waals surface area contributed by atoms with Crippen molar-refractivity contribution in [3.05, 3.63) is 54.6 Å². The minimum absolute atomic E-state index is 0.329. The van der Waals surface area contributed by atoms with Crippen LogP contribution in [0.15, 0.2) is 54.6 Å². The first-order valence-corrected chi connectivity index (χ1v) is 11.0. The minimum atomic E-state index is -1.26. The van der Waals surface area contributed by atoms with Gasteiger partial charge in [-0.05, 0) is 51.6 Å². The fourth-order valence-electron chi connectivity index (χ4n) is 2.80. The van der Waals surface area contributed by atoms with Gasteiger partial charge in [-0.1, -0.05) is 36.4 Å². The third kappa shape index (κ3) is 11.3. The van der Waals surface area contributed by atoms with Crippen molar-refractivity contribution in [1.82, 2.24) is 15.1 Å². The van der Waals surface area contributed by atoms with Gasteiger partial charge in [-0.3, -0.25) is 0 Å². The Bertz CT molecular complexity index is 925. The van der Waals surface area contributed by atoms with E-state index >= 15 is 0 Å². The zero-order valence-corrected chi connectivity index (χ0v) is 20.3. The number of fused-ring (bicyclic) bond motifs is 1. The molecular formula is C24H33N3O5S. The lowest BCUT2D eigenvalue weighted by Crippen LogP contribution is -2.47. The quantitative estimate of drug-likeness (QED) is 0.353. The van der Waals surface area contributed by atoms with Crippen molar-refractivity contribution >= 4 is 40.0 Å². The number of ether oxygens (including phenoxy) is 1. The Hall–Kier alpha value is -3.17. The van der Waals surface area contributed by atoms with Gasteiger partial charge in [-0.25, -0.2) is 9.59 Å². The van der Waals surface area contributed by atoms with Gasteiger partial charge in [-0.2, -0.15) is 0 Å². The third-order valence-corrected chi connectivity index (χ3v) is 4.81. The topological polar surface area (TPSA) is 102 Å². The zero-order valence-electron chi connectivity index (χ0n) is 19.5. The van der Waals surface area contributed by atoms with Gasteiger partial charge in [0, 0.05) is 36.7 Å². The summed E-state index contributed by atoms with van der Waals surface area (Å²) in [4.78, 5) is 23.4. The Morgan fingerprint density at radius 3 is 2.21 bits per heavy atom. The Kier molecular flexibility index (Phi) is 12.5. The highest BCUT2D eigenvalue weighted by atomic mass is 32.1. The fourth-order valence-corrected chi connectivity index (χ4v) is 3.20. The molecule has 0 saturated carbocycles. The summed E-state index contributed by atoms with van der Waals surface area (Å²) in [6.45, 7) is 7.46. The Balaban J connectivity index is 0.000000582. The molecule has 2 rings (SSSR count). The Morgan fingerprint density at radius 1 is 1.03 bits per heavy atom. The molecule has 0 fully saturated rings. The number of benzene rings is 2. The van der Waals surface area contributed by atoms with Crippen molar-refractivity contribution in [2.45, 2.75) is 19.9 Å². The van der Waals surface area contributed by atoms with Gasteiger partial charge in [0.05, 0.1) is 6.54 Å². The van der Waals surface area contributed by atoms with Crippen molar-refractivity contribution in [2.24, 2.45) is 0 Å². The molecule has 0 amide bonds. The van der Waals surface area contributed by atoms with E-state index in [0.29, 0.717) is 24.8 Å². The predicted molar refractivity (Wildman–Crippen MR) is 135 cm³/mol. The zero-order chi connectivity index (χ0) is 24.8.